The maximum Gasteiger partial charge on any atom is 0.250 e. The van der Waals surface area contributed by atoms with Crippen LogP contribution in [0, 0.1) is 11.6 Å². The molecule has 0 saturated carbocycles. The quantitative estimate of drug-likeness (QED) is 0.778. The van der Waals surface area contributed by atoms with E-state index in [-0.39, 0.29) is 17.2 Å². The Balaban J connectivity index is 1.65. The smallest absolute Gasteiger partial charge is 0.250 e. The van der Waals surface area contributed by atoms with E-state index in [1.165, 1.54) is 17.3 Å². The van der Waals surface area contributed by atoms with Crippen LogP contribution in [0.15, 0.2) is 59.8 Å². The van der Waals surface area contributed by atoms with E-state index < -0.39 is 11.6 Å². The zero-order valence-corrected chi connectivity index (χ0v) is 13.6. The number of nitrogens with zero attached hydrogens (tertiary/aromatic N) is 4. The van der Waals surface area contributed by atoms with Crippen molar-refractivity contribution in [3.63, 3.8) is 0 Å². The molecule has 6 nitrogen and oxygen atoms in total. The van der Waals surface area contributed by atoms with E-state index in [9.17, 15) is 8.78 Å². The van der Waals surface area contributed by atoms with Crippen LogP contribution in [0.1, 0.15) is 5.56 Å². The van der Waals surface area contributed by atoms with Crippen molar-refractivity contribution in [2.24, 2.45) is 5.10 Å². The lowest BCUT2D eigenvalue weighted by Gasteiger charge is -2.23. The van der Waals surface area contributed by atoms with E-state index in [4.69, 9.17) is 4.74 Å². The molecule has 8 heteroatoms. The summed E-state index contributed by atoms with van der Waals surface area (Å²) in [5.74, 6) is -0.741. The lowest BCUT2D eigenvalue weighted by Crippen LogP contribution is -2.27. The number of benzene rings is 2. The number of fused-ring (bicyclic) bond motifs is 1. The van der Waals surface area contributed by atoms with Gasteiger partial charge in [-0.2, -0.15) is 4.98 Å². The van der Waals surface area contributed by atoms with Crippen molar-refractivity contribution < 1.29 is 13.5 Å². The topological polar surface area (TPSA) is 62.6 Å². The molecule has 3 aromatic rings. The molecule has 2 heterocycles. The summed E-state index contributed by atoms with van der Waals surface area (Å²) >= 11 is 0. The zero-order chi connectivity index (χ0) is 18.1. The number of nitrogens with one attached hydrogen (secondary N) is 1. The minimum Gasteiger partial charge on any atom is -0.431 e. The average molecular weight is 353 g/mol. The zero-order valence-electron chi connectivity index (χ0n) is 13.6. The molecule has 26 heavy (non-hydrogen) atoms. The molecule has 0 saturated heterocycles. The maximum absolute atomic E-state index is 14.0. The SMILES string of the molecule is CN1N=C(c2c(F)cccc2F)Oc2cnc(Nc3ccccc3)nc21. The van der Waals surface area contributed by atoms with E-state index in [1.807, 2.05) is 30.3 Å². The first-order valence-corrected chi connectivity index (χ1v) is 7.75. The second-order valence-corrected chi connectivity index (χ2v) is 5.50. The van der Waals surface area contributed by atoms with Gasteiger partial charge in [-0.1, -0.05) is 24.3 Å². The molecule has 0 spiro atoms. The molecule has 1 aliphatic heterocycles. The van der Waals surface area contributed by atoms with Crippen LogP contribution in [0.2, 0.25) is 0 Å². The van der Waals surface area contributed by atoms with Crippen LogP contribution in [0.25, 0.3) is 0 Å². The number of halogens is 2. The molecule has 1 aromatic heterocycles. The fourth-order valence-corrected chi connectivity index (χ4v) is 2.49. The van der Waals surface area contributed by atoms with Crippen molar-refractivity contribution in [1.82, 2.24) is 9.97 Å². The number of anilines is 3. The highest BCUT2D eigenvalue weighted by atomic mass is 19.1. The van der Waals surface area contributed by atoms with Crippen LogP contribution in [-0.2, 0) is 0 Å². The number of hydrogen-bond donors (Lipinski definition) is 1. The largest absolute Gasteiger partial charge is 0.431 e. The van der Waals surface area contributed by atoms with Gasteiger partial charge in [0.2, 0.25) is 11.8 Å². The minimum absolute atomic E-state index is 0.192. The van der Waals surface area contributed by atoms with Crippen LogP contribution >= 0.6 is 0 Å². The lowest BCUT2D eigenvalue weighted by atomic mass is 10.2. The maximum atomic E-state index is 14.0. The number of ether oxygens (including phenoxy) is 1. The van der Waals surface area contributed by atoms with Crippen LogP contribution in [-0.4, -0.2) is 22.9 Å². The Bertz CT molecular complexity index is 974. The Kier molecular flexibility index (Phi) is 3.92. The van der Waals surface area contributed by atoms with Gasteiger partial charge in [-0.25, -0.2) is 18.8 Å². The Hall–Kier alpha value is -3.55. The summed E-state index contributed by atoms with van der Waals surface area (Å²) in [5.41, 5.74) is 0.487. The number of para-hydroxylation sites is 1. The van der Waals surface area contributed by atoms with Crippen LogP contribution in [0.5, 0.6) is 5.75 Å². The summed E-state index contributed by atoms with van der Waals surface area (Å²) in [4.78, 5) is 8.52. The van der Waals surface area contributed by atoms with Crippen molar-refractivity contribution in [3.05, 3.63) is 71.9 Å². The predicted molar refractivity (Wildman–Crippen MR) is 93.7 cm³/mol. The Labute approximate surface area is 147 Å². The van der Waals surface area contributed by atoms with Gasteiger partial charge in [0.1, 0.15) is 17.2 Å². The summed E-state index contributed by atoms with van der Waals surface area (Å²) in [7, 11) is 1.61. The predicted octanol–water partition coefficient (Wildman–Crippen LogP) is 3.69. The van der Waals surface area contributed by atoms with E-state index in [1.54, 1.807) is 7.05 Å². The van der Waals surface area contributed by atoms with Gasteiger partial charge in [0.15, 0.2) is 11.6 Å². The molecule has 4 rings (SSSR count). The molecular formula is C18H13F2N5O. The fraction of sp³-hybridized carbons (Fsp3) is 0.0556. The average Bonchev–Trinajstić information content (AvgIpc) is 2.63. The third kappa shape index (κ3) is 2.92. The van der Waals surface area contributed by atoms with Gasteiger partial charge in [-0.15, -0.1) is 5.10 Å². The molecule has 1 aliphatic rings. The molecule has 0 amide bonds. The molecule has 0 atom stereocenters. The third-order valence-corrected chi connectivity index (χ3v) is 3.70. The molecule has 130 valence electrons. The Morgan fingerprint density at radius 1 is 1.00 bits per heavy atom. The van der Waals surface area contributed by atoms with Crippen molar-refractivity contribution >= 4 is 23.4 Å². The molecule has 0 fully saturated rings. The van der Waals surface area contributed by atoms with Crippen LogP contribution in [0.3, 0.4) is 0 Å². The van der Waals surface area contributed by atoms with Crippen LogP contribution in [0.4, 0.5) is 26.2 Å². The minimum atomic E-state index is -0.760. The highest BCUT2D eigenvalue weighted by Gasteiger charge is 2.26. The summed E-state index contributed by atoms with van der Waals surface area (Å²) in [6, 6.07) is 13.0. The lowest BCUT2D eigenvalue weighted by molar-refractivity contribution is 0.505. The summed E-state index contributed by atoms with van der Waals surface area (Å²) < 4.78 is 33.5. The van der Waals surface area contributed by atoms with Crippen molar-refractivity contribution in [1.29, 1.82) is 0 Å². The van der Waals surface area contributed by atoms with Gasteiger partial charge in [0.05, 0.1) is 6.20 Å². The summed E-state index contributed by atoms with van der Waals surface area (Å²) in [5, 5.41) is 8.54. The fourth-order valence-electron chi connectivity index (χ4n) is 2.49. The Morgan fingerprint density at radius 2 is 1.73 bits per heavy atom. The van der Waals surface area contributed by atoms with E-state index in [0.29, 0.717) is 11.8 Å². The van der Waals surface area contributed by atoms with Crippen molar-refractivity contribution in [2.75, 3.05) is 17.4 Å². The standard InChI is InChI=1S/C18H13F2N5O/c1-25-16-14(10-21-18(23-16)22-11-6-3-2-4-7-11)26-17(24-25)15-12(19)8-5-9-13(15)20/h2-10H,1H3,(H,21,22,23). The number of hydrazone groups is 1. The van der Waals surface area contributed by atoms with Gasteiger partial charge in [0.25, 0.3) is 0 Å². The van der Waals surface area contributed by atoms with Gasteiger partial charge >= 0.3 is 0 Å². The monoisotopic (exact) mass is 353 g/mol. The van der Waals surface area contributed by atoms with E-state index >= 15 is 0 Å². The molecule has 0 aliphatic carbocycles. The van der Waals surface area contributed by atoms with Gasteiger partial charge < -0.3 is 10.1 Å². The Morgan fingerprint density at radius 3 is 2.46 bits per heavy atom. The number of hydrogen-bond acceptors (Lipinski definition) is 6. The molecule has 1 N–H and O–H groups in total. The molecule has 0 unspecified atom stereocenters. The molecule has 0 bridgehead atoms. The molecular weight excluding hydrogens is 340 g/mol. The third-order valence-electron chi connectivity index (χ3n) is 3.70. The molecule has 2 aromatic carbocycles. The first-order chi connectivity index (χ1) is 12.6. The van der Waals surface area contributed by atoms with Gasteiger partial charge in [-0.3, -0.25) is 0 Å². The van der Waals surface area contributed by atoms with E-state index in [2.05, 4.69) is 20.4 Å². The van der Waals surface area contributed by atoms with Crippen molar-refractivity contribution in [3.8, 4) is 5.75 Å². The second kappa shape index (κ2) is 6.40. The summed E-state index contributed by atoms with van der Waals surface area (Å²) in [6.45, 7) is 0. The van der Waals surface area contributed by atoms with E-state index in [0.717, 1.165) is 17.8 Å². The van der Waals surface area contributed by atoms with Gasteiger partial charge in [0, 0.05) is 12.7 Å². The highest BCUT2D eigenvalue weighted by molar-refractivity contribution is 5.98. The number of aromatic nitrogens is 2. The second-order valence-electron chi connectivity index (χ2n) is 5.50. The van der Waals surface area contributed by atoms with Crippen LogP contribution < -0.4 is 15.1 Å². The molecule has 0 radical (unpaired) electrons. The summed E-state index contributed by atoms with van der Waals surface area (Å²) in [6.07, 6.45) is 1.43. The van der Waals surface area contributed by atoms with Crippen molar-refractivity contribution in [2.45, 2.75) is 0 Å². The van der Waals surface area contributed by atoms with Gasteiger partial charge in [-0.05, 0) is 24.3 Å². The first kappa shape index (κ1) is 15.9. The number of rotatable bonds is 3. The normalized spacial score (nSPS) is 12.9. The highest BCUT2D eigenvalue weighted by Crippen LogP contribution is 2.31. The first-order valence-electron chi connectivity index (χ1n) is 7.75.